The van der Waals surface area contributed by atoms with Crippen LogP contribution >= 0.6 is 11.8 Å². The Bertz CT molecular complexity index is 641. The third-order valence-electron chi connectivity index (χ3n) is 3.99. The molecule has 2 N–H and O–H groups in total. The Morgan fingerprint density at radius 2 is 1.96 bits per heavy atom. The fourth-order valence-electron chi connectivity index (χ4n) is 2.56. The maximum Gasteiger partial charge on any atom is 0.315 e. The average Bonchev–Trinajstić information content (AvgIpc) is 3.10. The molecule has 0 radical (unpaired) electrons. The monoisotopic (exact) mass is 361 g/mol. The molecule has 0 aliphatic heterocycles. The zero-order chi connectivity index (χ0) is 18.2. The fourth-order valence-corrected chi connectivity index (χ4v) is 3.22. The molecule has 5 nitrogen and oxygen atoms in total. The van der Waals surface area contributed by atoms with Crippen molar-refractivity contribution in [1.29, 1.82) is 0 Å². The maximum absolute atomic E-state index is 12.2. The molecular formula is C19H27N3O2S. The smallest absolute Gasteiger partial charge is 0.315 e. The first kappa shape index (κ1) is 19.4. The second kappa shape index (κ2) is 9.53. The molecule has 2 rings (SSSR count). The SMILES string of the molecule is CCSc1ccc(C(C)NC(=O)NCC(c2ccco2)N(C)C)cc1. The lowest BCUT2D eigenvalue weighted by molar-refractivity contribution is 0.223. The molecular weight excluding hydrogens is 334 g/mol. The minimum absolute atomic E-state index is 0.00130. The number of likely N-dealkylation sites (N-methyl/N-ethyl adjacent to an activating group) is 1. The van der Waals surface area contributed by atoms with Crippen LogP contribution < -0.4 is 10.6 Å². The van der Waals surface area contributed by atoms with Crippen molar-refractivity contribution < 1.29 is 9.21 Å². The Kier molecular flexibility index (Phi) is 7.40. The van der Waals surface area contributed by atoms with Gasteiger partial charge in [0.15, 0.2) is 0 Å². The summed E-state index contributed by atoms with van der Waals surface area (Å²) < 4.78 is 5.46. The number of rotatable bonds is 8. The first-order valence-corrected chi connectivity index (χ1v) is 9.46. The van der Waals surface area contributed by atoms with Crippen LogP contribution in [0.25, 0.3) is 0 Å². The number of furan rings is 1. The van der Waals surface area contributed by atoms with E-state index in [2.05, 4.69) is 41.8 Å². The lowest BCUT2D eigenvalue weighted by atomic mass is 10.1. The summed E-state index contributed by atoms with van der Waals surface area (Å²) in [5, 5.41) is 5.91. The highest BCUT2D eigenvalue weighted by molar-refractivity contribution is 7.99. The van der Waals surface area contributed by atoms with Crippen LogP contribution in [0.3, 0.4) is 0 Å². The molecule has 0 bridgehead atoms. The van der Waals surface area contributed by atoms with Crippen LogP contribution in [0.1, 0.15) is 37.3 Å². The van der Waals surface area contributed by atoms with Gasteiger partial charge in [0.1, 0.15) is 5.76 Å². The number of carbonyl (C=O) groups is 1. The van der Waals surface area contributed by atoms with E-state index in [1.165, 1.54) is 4.90 Å². The molecule has 0 aliphatic carbocycles. The summed E-state index contributed by atoms with van der Waals surface area (Å²) in [5.41, 5.74) is 1.09. The van der Waals surface area contributed by atoms with E-state index in [9.17, 15) is 4.79 Å². The summed E-state index contributed by atoms with van der Waals surface area (Å²) in [6, 6.07) is 11.9. The largest absolute Gasteiger partial charge is 0.468 e. The van der Waals surface area contributed by atoms with E-state index in [0.29, 0.717) is 6.54 Å². The van der Waals surface area contributed by atoms with E-state index in [1.54, 1.807) is 6.26 Å². The summed E-state index contributed by atoms with van der Waals surface area (Å²) in [6.45, 7) is 4.60. The van der Waals surface area contributed by atoms with Gasteiger partial charge in [-0.05, 0) is 56.6 Å². The van der Waals surface area contributed by atoms with Gasteiger partial charge in [0.2, 0.25) is 0 Å². The van der Waals surface area contributed by atoms with Gasteiger partial charge in [0, 0.05) is 11.4 Å². The quantitative estimate of drug-likeness (QED) is 0.696. The zero-order valence-corrected chi connectivity index (χ0v) is 16.1. The van der Waals surface area contributed by atoms with Crippen LogP contribution in [-0.2, 0) is 0 Å². The Balaban J connectivity index is 1.86. The fraction of sp³-hybridized carbons (Fsp3) is 0.421. The molecule has 0 saturated carbocycles. The minimum Gasteiger partial charge on any atom is -0.468 e. The molecule has 0 saturated heterocycles. The van der Waals surface area contributed by atoms with Gasteiger partial charge in [-0.3, -0.25) is 4.90 Å². The highest BCUT2D eigenvalue weighted by atomic mass is 32.2. The van der Waals surface area contributed by atoms with E-state index < -0.39 is 0 Å². The first-order valence-electron chi connectivity index (χ1n) is 8.48. The van der Waals surface area contributed by atoms with Crippen LogP contribution in [0, 0.1) is 0 Å². The molecule has 1 heterocycles. The van der Waals surface area contributed by atoms with Gasteiger partial charge in [-0.15, -0.1) is 11.8 Å². The molecule has 0 spiro atoms. The Morgan fingerprint density at radius 1 is 1.24 bits per heavy atom. The average molecular weight is 362 g/mol. The van der Waals surface area contributed by atoms with Gasteiger partial charge in [0.05, 0.1) is 18.3 Å². The van der Waals surface area contributed by atoms with Crippen molar-refractivity contribution in [2.45, 2.75) is 30.8 Å². The Labute approximate surface area is 154 Å². The summed E-state index contributed by atoms with van der Waals surface area (Å²) in [4.78, 5) is 15.5. The van der Waals surface area contributed by atoms with E-state index in [4.69, 9.17) is 4.42 Å². The van der Waals surface area contributed by atoms with Gasteiger partial charge >= 0.3 is 6.03 Å². The zero-order valence-electron chi connectivity index (χ0n) is 15.3. The van der Waals surface area contributed by atoms with Crippen LogP contribution in [-0.4, -0.2) is 37.3 Å². The molecule has 1 aromatic carbocycles. The topological polar surface area (TPSA) is 57.5 Å². The summed E-state index contributed by atoms with van der Waals surface area (Å²) >= 11 is 1.81. The normalized spacial score (nSPS) is 13.5. The van der Waals surface area contributed by atoms with E-state index >= 15 is 0 Å². The van der Waals surface area contributed by atoms with Gasteiger partial charge in [0.25, 0.3) is 0 Å². The molecule has 0 aliphatic rings. The lowest BCUT2D eigenvalue weighted by Gasteiger charge is -2.23. The standard InChI is InChI=1S/C19H27N3O2S/c1-5-25-16-10-8-15(9-11-16)14(2)21-19(23)20-13-17(22(3)4)18-7-6-12-24-18/h6-12,14,17H,5,13H2,1-4H3,(H2,20,21,23). The summed E-state index contributed by atoms with van der Waals surface area (Å²) in [6.07, 6.45) is 1.65. The second-order valence-electron chi connectivity index (χ2n) is 6.07. The highest BCUT2D eigenvalue weighted by Gasteiger charge is 2.18. The molecule has 2 unspecified atom stereocenters. The molecule has 6 heteroatoms. The van der Waals surface area contributed by atoms with Gasteiger partial charge in [-0.25, -0.2) is 4.79 Å². The number of hydrogen-bond acceptors (Lipinski definition) is 4. The lowest BCUT2D eigenvalue weighted by Crippen LogP contribution is -2.41. The number of carbonyl (C=O) groups excluding carboxylic acids is 1. The van der Waals surface area contributed by atoms with E-state index in [1.807, 2.05) is 49.8 Å². The second-order valence-corrected chi connectivity index (χ2v) is 7.41. The molecule has 2 aromatic rings. The van der Waals surface area contributed by atoms with Crippen LogP contribution in [0.4, 0.5) is 4.79 Å². The summed E-state index contributed by atoms with van der Waals surface area (Å²) in [5.74, 6) is 1.89. The van der Waals surface area contributed by atoms with Crippen molar-refractivity contribution in [3.05, 3.63) is 54.0 Å². The Morgan fingerprint density at radius 3 is 2.52 bits per heavy atom. The predicted molar refractivity (Wildman–Crippen MR) is 103 cm³/mol. The molecule has 2 amide bonds. The number of urea groups is 1. The number of hydrogen-bond donors (Lipinski definition) is 2. The van der Waals surface area contributed by atoms with E-state index in [0.717, 1.165) is 17.1 Å². The number of thioether (sulfide) groups is 1. The van der Waals surface area contributed by atoms with Crippen molar-refractivity contribution >= 4 is 17.8 Å². The van der Waals surface area contributed by atoms with Crippen molar-refractivity contribution in [1.82, 2.24) is 15.5 Å². The summed E-state index contributed by atoms with van der Waals surface area (Å²) in [7, 11) is 3.93. The van der Waals surface area contributed by atoms with Crippen LogP contribution in [0.15, 0.2) is 52.0 Å². The minimum atomic E-state index is -0.182. The molecule has 2 atom stereocenters. The molecule has 1 aromatic heterocycles. The van der Waals surface area contributed by atoms with Crippen molar-refractivity contribution in [3.63, 3.8) is 0 Å². The van der Waals surface area contributed by atoms with Crippen LogP contribution in [0.5, 0.6) is 0 Å². The molecule has 0 fully saturated rings. The number of amides is 2. The molecule has 136 valence electrons. The van der Waals surface area contributed by atoms with Gasteiger partial charge in [-0.1, -0.05) is 19.1 Å². The predicted octanol–water partition coefficient (Wildman–Crippen LogP) is 4.05. The molecule has 25 heavy (non-hydrogen) atoms. The van der Waals surface area contributed by atoms with Crippen molar-refractivity contribution in [3.8, 4) is 0 Å². The van der Waals surface area contributed by atoms with Gasteiger partial charge in [-0.2, -0.15) is 0 Å². The van der Waals surface area contributed by atoms with Crippen molar-refractivity contribution in [2.75, 3.05) is 26.4 Å². The number of nitrogens with zero attached hydrogens (tertiary/aromatic N) is 1. The van der Waals surface area contributed by atoms with E-state index in [-0.39, 0.29) is 18.1 Å². The first-order chi connectivity index (χ1) is 12.0. The number of nitrogens with one attached hydrogen (secondary N) is 2. The maximum atomic E-state index is 12.2. The highest BCUT2D eigenvalue weighted by Crippen LogP contribution is 2.21. The van der Waals surface area contributed by atoms with Gasteiger partial charge < -0.3 is 15.1 Å². The van der Waals surface area contributed by atoms with Crippen LogP contribution in [0.2, 0.25) is 0 Å². The number of benzene rings is 1. The Hall–Kier alpha value is -1.92. The van der Waals surface area contributed by atoms with Crippen molar-refractivity contribution in [2.24, 2.45) is 0 Å². The third kappa shape index (κ3) is 5.83. The third-order valence-corrected chi connectivity index (χ3v) is 4.88.